The molecule has 0 unspecified atom stereocenters. The number of aromatic nitrogens is 2. The van der Waals surface area contributed by atoms with Crippen LogP contribution in [-0.2, 0) is 0 Å². The van der Waals surface area contributed by atoms with Gasteiger partial charge in [-0.1, -0.05) is 0 Å². The summed E-state index contributed by atoms with van der Waals surface area (Å²) in [7, 11) is 0. The number of hydrogen-bond donors (Lipinski definition) is 2. The van der Waals surface area contributed by atoms with Gasteiger partial charge in [-0.3, -0.25) is 9.78 Å². The van der Waals surface area contributed by atoms with Crippen molar-refractivity contribution in [1.29, 1.82) is 0 Å². The fourth-order valence-electron chi connectivity index (χ4n) is 3.27. The average Bonchev–Trinajstić information content (AvgIpc) is 3.23. The highest BCUT2D eigenvalue weighted by atomic mass is 19.1. The maximum absolute atomic E-state index is 13.2. The van der Waals surface area contributed by atoms with Crippen LogP contribution < -0.4 is 10.6 Å². The number of amides is 1. The first-order valence-corrected chi connectivity index (χ1v) is 7.33. The highest BCUT2D eigenvalue weighted by molar-refractivity contribution is 5.90. The molecule has 0 saturated carbocycles. The molecule has 2 aliphatic heterocycles. The average molecular weight is 302 g/mol. The Hall–Kier alpha value is -2.28. The van der Waals surface area contributed by atoms with Crippen molar-refractivity contribution >= 4 is 5.91 Å². The third kappa shape index (κ3) is 2.37. The molecule has 0 aromatic carbocycles. The Morgan fingerprint density at radius 1 is 1.36 bits per heavy atom. The third-order valence-corrected chi connectivity index (χ3v) is 4.31. The smallest absolute Gasteiger partial charge is 0.307 e. The van der Waals surface area contributed by atoms with Crippen molar-refractivity contribution in [2.24, 2.45) is 0 Å². The fraction of sp³-hybridized carbons (Fsp3) is 0.400. The van der Waals surface area contributed by atoms with Gasteiger partial charge in [0.2, 0.25) is 0 Å². The van der Waals surface area contributed by atoms with Gasteiger partial charge in [0.25, 0.3) is 5.89 Å². The van der Waals surface area contributed by atoms with Crippen molar-refractivity contribution in [3.63, 3.8) is 0 Å². The van der Waals surface area contributed by atoms with Gasteiger partial charge in [0, 0.05) is 29.9 Å². The van der Waals surface area contributed by atoms with Gasteiger partial charge >= 0.3 is 5.91 Å². The largest absolute Gasteiger partial charge is 0.432 e. The van der Waals surface area contributed by atoms with Crippen LogP contribution in [0.1, 0.15) is 29.9 Å². The molecule has 7 heteroatoms. The van der Waals surface area contributed by atoms with Crippen molar-refractivity contribution < 1.29 is 13.6 Å². The number of nitrogens with zero attached hydrogens (tertiary/aromatic N) is 2. The lowest BCUT2D eigenvalue weighted by atomic mass is 9.95. The standard InChI is InChI=1S/C15H15FN4O2/c16-9-3-8(5-17-6-9)13-7-18-15(22-13)14(21)20-12-4-10-1-2-11(12)19-10/h3,5-7,10-12,19H,1-2,4H2,(H,20,21)/t10-,11+,12-/m1/s1. The molecule has 4 rings (SSSR count). The minimum absolute atomic E-state index is 0.0120. The molecule has 3 atom stereocenters. The van der Waals surface area contributed by atoms with Gasteiger partial charge in [0.15, 0.2) is 5.76 Å². The molecule has 2 aromatic rings. The maximum atomic E-state index is 13.2. The second kappa shape index (κ2) is 5.17. The Morgan fingerprint density at radius 3 is 3.00 bits per heavy atom. The molecular formula is C15H15FN4O2. The zero-order chi connectivity index (χ0) is 15.1. The number of fused-ring (bicyclic) bond motifs is 2. The van der Waals surface area contributed by atoms with Crippen LogP contribution in [0.15, 0.2) is 29.1 Å². The van der Waals surface area contributed by atoms with Crippen molar-refractivity contribution in [3.8, 4) is 11.3 Å². The Morgan fingerprint density at radius 2 is 2.27 bits per heavy atom. The van der Waals surface area contributed by atoms with E-state index in [1.165, 1.54) is 24.9 Å². The molecule has 0 aliphatic carbocycles. The second-order valence-electron chi connectivity index (χ2n) is 5.78. The molecule has 2 saturated heterocycles. The Kier molecular flexibility index (Phi) is 3.15. The summed E-state index contributed by atoms with van der Waals surface area (Å²) in [5.74, 6) is -0.492. The molecule has 2 bridgehead atoms. The van der Waals surface area contributed by atoms with Crippen LogP contribution in [0, 0.1) is 5.82 Å². The van der Waals surface area contributed by atoms with E-state index in [-0.39, 0.29) is 17.8 Å². The summed E-state index contributed by atoms with van der Waals surface area (Å²) in [6, 6.07) is 2.26. The molecule has 1 amide bonds. The van der Waals surface area contributed by atoms with E-state index in [0.29, 0.717) is 23.4 Å². The second-order valence-corrected chi connectivity index (χ2v) is 5.78. The summed E-state index contributed by atoms with van der Waals surface area (Å²) in [6.45, 7) is 0. The van der Waals surface area contributed by atoms with E-state index >= 15 is 0 Å². The lowest BCUT2D eigenvalue weighted by Crippen LogP contribution is -2.43. The highest BCUT2D eigenvalue weighted by Gasteiger charge is 2.40. The number of hydrogen-bond acceptors (Lipinski definition) is 5. The number of pyridine rings is 1. The quantitative estimate of drug-likeness (QED) is 0.898. The Bertz CT molecular complexity index is 717. The first-order valence-electron chi connectivity index (χ1n) is 7.33. The molecule has 0 spiro atoms. The van der Waals surface area contributed by atoms with Crippen molar-refractivity contribution in [3.05, 3.63) is 36.4 Å². The Labute approximate surface area is 126 Å². The first-order chi connectivity index (χ1) is 10.7. The number of carbonyl (C=O) groups excluding carboxylic acids is 1. The summed E-state index contributed by atoms with van der Waals surface area (Å²) >= 11 is 0. The normalized spacial score (nSPS) is 26.3. The molecule has 2 aromatic heterocycles. The van der Waals surface area contributed by atoms with Gasteiger partial charge in [-0.2, -0.15) is 0 Å². The first kappa shape index (κ1) is 13.4. The highest BCUT2D eigenvalue weighted by Crippen LogP contribution is 2.28. The van der Waals surface area contributed by atoms with Crippen LogP contribution in [0.25, 0.3) is 11.3 Å². The lowest BCUT2D eigenvalue weighted by Gasteiger charge is -2.20. The number of oxazole rings is 1. The van der Waals surface area contributed by atoms with Crippen LogP contribution in [0.3, 0.4) is 0 Å². The van der Waals surface area contributed by atoms with Gasteiger partial charge in [0.1, 0.15) is 5.82 Å². The zero-order valence-electron chi connectivity index (χ0n) is 11.8. The summed E-state index contributed by atoms with van der Waals surface area (Å²) in [5, 5.41) is 6.41. The SMILES string of the molecule is O=C(N[C@@H]1C[C@H]2CC[C@@H]1N2)c1ncc(-c2cncc(F)c2)o1. The van der Waals surface area contributed by atoms with E-state index in [4.69, 9.17) is 4.42 Å². The minimum atomic E-state index is -0.465. The molecule has 0 radical (unpaired) electrons. The van der Waals surface area contributed by atoms with Crippen LogP contribution in [0.2, 0.25) is 0 Å². The number of halogens is 1. The summed E-state index contributed by atoms with van der Waals surface area (Å²) in [6.07, 6.45) is 7.18. The van der Waals surface area contributed by atoms with Crippen LogP contribution in [-0.4, -0.2) is 34.0 Å². The minimum Gasteiger partial charge on any atom is -0.432 e. The zero-order valence-corrected chi connectivity index (χ0v) is 11.8. The molecule has 2 aliphatic rings. The maximum Gasteiger partial charge on any atom is 0.307 e. The molecule has 22 heavy (non-hydrogen) atoms. The van der Waals surface area contributed by atoms with E-state index < -0.39 is 5.82 Å². The molecular weight excluding hydrogens is 287 g/mol. The van der Waals surface area contributed by atoms with Crippen molar-refractivity contribution in [2.75, 3.05) is 0 Å². The van der Waals surface area contributed by atoms with Crippen LogP contribution in [0.4, 0.5) is 4.39 Å². The van der Waals surface area contributed by atoms with Gasteiger partial charge < -0.3 is 15.1 Å². The molecule has 6 nitrogen and oxygen atoms in total. The van der Waals surface area contributed by atoms with Crippen LogP contribution in [0.5, 0.6) is 0 Å². The van der Waals surface area contributed by atoms with E-state index in [0.717, 1.165) is 19.0 Å². The molecule has 2 N–H and O–H groups in total. The molecule has 2 fully saturated rings. The Balaban J connectivity index is 1.48. The van der Waals surface area contributed by atoms with Gasteiger partial charge in [-0.25, -0.2) is 9.37 Å². The van der Waals surface area contributed by atoms with E-state index in [1.807, 2.05) is 0 Å². The van der Waals surface area contributed by atoms with Gasteiger partial charge in [-0.05, 0) is 25.3 Å². The number of carbonyl (C=O) groups is 1. The van der Waals surface area contributed by atoms with Gasteiger partial charge in [0.05, 0.1) is 12.4 Å². The lowest BCUT2D eigenvalue weighted by molar-refractivity contribution is 0.0896. The van der Waals surface area contributed by atoms with Crippen molar-refractivity contribution in [1.82, 2.24) is 20.6 Å². The summed E-state index contributed by atoms with van der Waals surface area (Å²) in [4.78, 5) is 19.9. The summed E-state index contributed by atoms with van der Waals surface area (Å²) in [5.41, 5.74) is 0.452. The summed E-state index contributed by atoms with van der Waals surface area (Å²) < 4.78 is 18.6. The van der Waals surface area contributed by atoms with E-state index in [1.54, 1.807) is 0 Å². The van der Waals surface area contributed by atoms with E-state index in [2.05, 4.69) is 20.6 Å². The predicted octanol–water partition coefficient (Wildman–Crippen LogP) is 1.50. The fourth-order valence-corrected chi connectivity index (χ4v) is 3.27. The van der Waals surface area contributed by atoms with Crippen LogP contribution >= 0.6 is 0 Å². The number of rotatable bonds is 3. The molecule has 4 heterocycles. The predicted molar refractivity (Wildman–Crippen MR) is 75.5 cm³/mol. The molecule has 114 valence electrons. The topological polar surface area (TPSA) is 80.0 Å². The van der Waals surface area contributed by atoms with E-state index in [9.17, 15) is 9.18 Å². The number of nitrogens with one attached hydrogen (secondary N) is 2. The third-order valence-electron chi connectivity index (χ3n) is 4.31. The van der Waals surface area contributed by atoms with Gasteiger partial charge in [-0.15, -0.1) is 0 Å². The monoisotopic (exact) mass is 302 g/mol. The van der Waals surface area contributed by atoms with Crippen molar-refractivity contribution in [2.45, 2.75) is 37.4 Å².